The SMILES string of the molecule is CC.CC.CC.CCc1c(O)c(C)cc2ccccc12.Cc1ccc(C(C)(C)C)cc1.II. The van der Waals surface area contributed by atoms with Gasteiger partial charge in [-0.2, -0.15) is 0 Å². The monoisotopic (exact) mass is 678 g/mol. The van der Waals surface area contributed by atoms with Crippen molar-refractivity contribution >= 4 is 48.0 Å². The highest BCUT2D eigenvalue weighted by molar-refractivity contribution is 15.0. The second-order valence-corrected chi connectivity index (χ2v) is 7.71. The van der Waals surface area contributed by atoms with E-state index in [1.54, 1.807) is 0 Å². The number of phenols is 1. The van der Waals surface area contributed by atoms with Crippen LogP contribution in [0.2, 0.25) is 0 Å². The molecule has 3 heteroatoms. The first-order valence-corrected chi connectivity index (χ1v) is 18.4. The molecular formula is C30H48I2O. The van der Waals surface area contributed by atoms with Crippen molar-refractivity contribution in [2.45, 2.75) is 94.9 Å². The number of aromatic hydroxyl groups is 1. The van der Waals surface area contributed by atoms with Crippen molar-refractivity contribution in [1.82, 2.24) is 0 Å². The molecule has 1 N–H and O–H groups in total. The van der Waals surface area contributed by atoms with Crippen molar-refractivity contribution in [1.29, 1.82) is 0 Å². The maximum absolute atomic E-state index is 9.90. The molecule has 0 aliphatic carbocycles. The predicted molar refractivity (Wildman–Crippen MR) is 172 cm³/mol. The van der Waals surface area contributed by atoms with Gasteiger partial charge in [0.2, 0.25) is 0 Å². The zero-order valence-electron chi connectivity index (χ0n) is 23.1. The lowest BCUT2D eigenvalue weighted by atomic mass is 9.87. The van der Waals surface area contributed by atoms with E-state index in [0.29, 0.717) is 5.75 Å². The Bertz CT molecular complexity index is 848. The van der Waals surface area contributed by atoms with Crippen LogP contribution in [0, 0.1) is 13.8 Å². The van der Waals surface area contributed by atoms with Crippen LogP contribution < -0.4 is 0 Å². The van der Waals surface area contributed by atoms with Crippen molar-refractivity contribution in [3.8, 4) is 5.75 Å². The summed E-state index contributed by atoms with van der Waals surface area (Å²) in [5, 5.41) is 12.3. The molecule has 0 aliphatic rings. The van der Waals surface area contributed by atoms with Gasteiger partial charge in [-0.3, -0.25) is 0 Å². The Morgan fingerprint density at radius 3 is 1.64 bits per heavy atom. The molecule has 0 saturated heterocycles. The van der Waals surface area contributed by atoms with Gasteiger partial charge < -0.3 is 5.11 Å². The molecule has 0 fully saturated rings. The fraction of sp³-hybridized carbons (Fsp3) is 0.467. The first-order chi connectivity index (χ1) is 15.7. The second kappa shape index (κ2) is 21.7. The van der Waals surface area contributed by atoms with Gasteiger partial charge in [0.25, 0.3) is 0 Å². The van der Waals surface area contributed by atoms with Crippen LogP contribution >= 0.6 is 37.2 Å². The van der Waals surface area contributed by atoms with Crippen molar-refractivity contribution in [2.75, 3.05) is 0 Å². The third kappa shape index (κ3) is 13.6. The summed E-state index contributed by atoms with van der Waals surface area (Å²) < 4.78 is 0. The minimum atomic E-state index is 0.285. The first-order valence-electron chi connectivity index (χ1n) is 12.2. The molecule has 0 spiro atoms. The van der Waals surface area contributed by atoms with Gasteiger partial charge in [0.05, 0.1) is 0 Å². The summed E-state index contributed by atoms with van der Waals surface area (Å²) in [6.07, 6.45) is 0.869. The lowest BCUT2D eigenvalue weighted by molar-refractivity contribution is 0.466. The van der Waals surface area contributed by atoms with Crippen LogP contribution in [0.1, 0.15) is 91.5 Å². The maximum atomic E-state index is 9.90. The summed E-state index contributed by atoms with van der Waals surface area (Å²) in [6.45, 7) is 24.8. The van der Waals surface area contributed by atoms with E-state index in [2.05, 4.69) is 108 Å². The Kier molecular flexibility index (Phi) is 24.2. The lowest BCUT2D eigenvalue weighted by Gasteiger charge is -2.18. The third-order valence-corrected chi connectivity index (χ3v) is 4.59. The highest BCUT2D eigenvalue weighted by atomic mass is 128. The molecule has 1 nitrogen and oxygen atoms in total. The van der Waals surface area contributed by atoms with Gasteiger partial charge >= 0.3 is 0 Å². The fourth-order valence-electron chi connectivity index (χ4n) is 2.98. The van der Waals surface area contributed by atoms with Crippen LogP contribution in [0.4, 0.5) is 0 Å². The Hall–Kier alpha value is -0.820. The molecule has 0 aliphatic heterocycles. The van der Waals surface area contributed by atoms with Gasteiger partial charge in [-0.25, -0.2) is 0 Å². The summed E-state index contributed by atoms with van der Waals surface area (Å²) in [7, 11) is 0. The standard InChI is InChI=1S/C13H14O.C11H16.3C2H6.I2/c1-3-11-12-7-5-4-6-10(12)8-9(2)13(11)14;1-9-5-7-10(8-6-9)11(2,3)4;4*1-2/h4-8,14H,3H2,1-2H3;5-8H,1-4H3;3*1-2H3;. The number of rotatable bonds is 1. The maximum Gasteiger partial charge on any atom is 0.122 e. The average molecular weight is 679 g/mol. The normalized spacial score (nSPS) is 9.15. The van der Waals surface area contributed by atoms with Crippen LogP contribution in [0.5, 0.6) is 5.75 Å². The summed E-state index contributed by atoms with van der Waals surface area (Å²) >= 11 is 4.24. The molecule has 0 amide bonds. The lowest BCUT2D eigenvalue weighted by Crippen LogP contribution is -2.10. The zero-order chi connectivity index (χ0) is 26.6. The number of aryl methyl sites for hydroxylation is 3. The average Bonchev–Trinajstić information content (AvgIpc) is 2.85. The van der Waals surface area contributed by atoms with Crippen LogP contribution in [0.15, 0.2) is 54.6 Å². The topological polar surface area (TPSA) is 20.2 Å². The highest BCUT2D eigenvalue weighted by Gasteiger charge is 2.12. The Balaban J connectivity index is -0.000000426. The molecule has 188 valence electrons. The number of fused-ring (bicyclic) bond motifs is 1. The minimum absolute atomic E-state index is 0.285. The van der Waals surface area contributed by atoms with Crippen molar-refractivity contribution < 1.29 is 5.11 Å². The molecule has 3 aromatic carbocycles. The number of phenolic OH excluding ortho intramolecular Hbond substituents is 1. The summed E-state index contributed by atoms with van der Waals surface area (Å²) in [5.41, 5.74) is 5.04. The smallest absolute Gasteiger partial charge is 0.122 e. The molecule has 0 aromatic heterocycles. The molecule has 33 heavy (non-hydrogen) atoms. The number of hydrogen-bond donors (Lipinski definition) is 1. The molecule has 3 rings (SSSR count). The van der Waals surface area contributed by atoms with E-state index in [0.717, 1.165) is 22.9 Å². The van der Waals surface area contributed by atoms with Gasteiger partial charge in [0.15, 0.2) is 0 Å². The molecule has 0 unspecified atom stereocenters. The summed E-state index contributed by atoms with van der Waals surface area (Å²) in [5.74, 6) is 0.450. The highest BCUT2D eigenvalue weighted by Crippen LogP contribution is 2.30. The second-order valence-electron chi connectivity index (χ2n) is 7.71. The van der Waals surface area contributed by atoms with Gasteiger partial charge in [0, 0.05) is 42.8 Å². The number of benzene rings is 3. The summed E-state index contributed by atoms with van der Waals surface area (Å²) in [4.78, 5) is 0. The van der Waals surface area contributed by atoms with E-state index < -0.39 is 0 Å². The van der Waals surface area contributed by atoms with E-state index in [1.807, 2.05) is 66.7 Å². The van der Waals surface area contributed by atoms with Crippen LogP contribution in [0.3, 0.4) is 0 Å². The van der Waals surface area contributed by atoms with Gasteiger partial charge in [0.1, 0.15) is 5.75 Å². The van der Waals surface area contributed by atoms with Crippen LogP contribution in [0.25, 0.3) is 10.8 Å². The molecule has 0 atom stereocenters. The van der Waals surface area contributed by atoms with Crippen LogP contribution in [-0.4, -0.2) is 5.11 Å². The van der Waals surface area contributed by atoms with E-state index in [9.17, 15) is 5.11 Å². The molecule has 0 heterocycles. The molecule has 0 saturated carbocycles. The zero-order valence-corrected chi connectivity index (χ0v) is 27.4. The van der Waals surface area contributed by atoms with E-state index in [4.69, 9.17) is 0 Å². The quantitative estimate of drug-likeness (QED) is 0.254. The molecule has 0 radical (unpaired) electrons. The third-order valence-electron chi connectivity index (χ3n) is 4.59. The number of halogens is 2. The van der Waals surface area contributed by atoms with Gasteiger partial charge in [-0.15, -0.1) is 0 Å². The molecular weight excluding hydrogens is 630 g/mol. The molecule has 0 bridgehead atoms. The predicted octanol–water partition coefficient (Wildman–Crippen LogP) is 11.6. The largest absolute Gasteiger partial charge is 0.507 e. The van der Waals surface area contributed by atoms with Gasteiger partial charge in [-0.1, -0.05) is 123 Å². The van der Waals surface area contributed by atoms with Crippen LogP contribution in [-0.2, 0) is 11.8 Å². The minimum Gasteiger partial charge on any atom is -0.507 e. The molecule has 3 aromatic rings. The Labute approximate surface area is 229 Å². The van der Waals surface area contributed by atoms with Crippen molar-refractivity contribution in [2.24, 2.45) is 0 Å². The van der Waals surface area contributed by atoms with Gasteiger partial charge in [-0.05, 0) is 53.6 Å². The fourth-order valence-corrected chi connectivity index (χ4v) is 2.98. The van der Waals surface area contributed by atoms with E-state index in [1.165, 1.54) is 16.5 Å². The Morgan fingerprint density at radius 2 is 1.21 bits per heavy atom. The van der Waals surface area contributed by atoms with E-state index in [-0.39, 0.29) is 5.41 Å². The van der Waals surface area contributed by atoms with Crippen molar-refractivity contribution in [3.05, 3.63) is 76.9 Å². The van der Waals surface area contributed by atoms with E-state index >= 15 is 0 Å². The Morgan fingerprint density at radius 1 is 0.758 bits per heavy atom. The first kappa shape index (κ1) is 36.7. The number of hydrogen-bond acceptors (Lipinski definition) is 1. The summed E-state index contributed by atoms with van der Waals surface area (Å²) in [6, 6.07) is 19.0. The van der Waals surface area contributed by atoms with Crippen molar-refractivity contribution in [3.63, 3.8) is 0 Å².